The Labute approximate surface area is 183 Å². The van der Waals surface area contributed by atoms with E-state index in [1.54, 1.807) is 7.11 Å². The van der Waals surface area contributed by atoms with Crippen molar-refractivity contribution in [1.29, 1.82) is 0 Å². The largest absolute Gasteiger partial charge is 0.497 e. The van der Waals surface area contributed by atoms with Gasteiger partial charge in [-0.1, -0.05) is 42.5 Å². The van der Waals surface area contributed by atoms with Crippen molar-refractivity contribution >= 4 is 31.9 Å². The van der Waals surface area contributed by atoms with Gasteiger partial charge in [-0.2, -0.15) is 0 Å². The van der Waals surface area contributed by atoms with Crippen molar-refractivity contribution < 1.29 is 9.47 Å². The fourth-order valence-electron chi connectivity index (χ4n) is 2.84. The van der Waals surface area contributed by atoms with Gasteiger partial charge in [-0.15, -0.1) is 0 Å². The van der Waals surface area contributed by atoms with Gasteiger partial charge in [0.2, 0.25) is 0 Å². The van der Waals surface area contributed by atoms with E-state index in [0.717, 1.165) is 45.5 Å². The molecule has 3 aromatic carbocycles. The molecular formula is C23H23Br2NO2. The lowest BCUT2D eigenvalue weighted by Gasteiger charge is -2.13. The number of hydrogen-bond acceptors (Lipinski definition) is 3. The Balaban J connectivity index is 1.50. The van der Waals surface area contributed by atoms with Crippen LogP contribution in [0.25, 0.3) is 0 Å². The second-order valence-electron chi connectivity index (χ2n) is 6.44. The fourth-order valence-corrected chi connectivity index (χ4v) is 4.35. The predicted octanol–water partition coefficient (Wildman–Crippen LogP) is 6.13. The molecule has 0 spiro atoms. The third-order valence-corrected chi connectivity index (χ3v) is 5.54. The lowest BCUT2D eigenvalue weighted by Crippen LogP contribution is -2.16. The van der Waals surface area contributed by atoms with Crippen molar-refractivity contribution in [1.82, 2.24) is 5.32 Å². The first-order chi connectivity index (χ1) is 13.7. The fraction of sp³-hybridized carbons (Fsp3) is 0.217. The molecule has 1 N–H and O–H groups in total. The van der Waals surface area contributed by atoms with Gasteiger partial charge in [0.15, 0.2) is 0 Å². The zero-order valence-corrected chi connectivity index (χ0v) is 18.9. The number of methoxy groups -OCH3 is 1. The molecule has 0 saturated carbocycles. The van der Waals surface area contributed by atoms with Crippen molar-refractivity contribution in [2.75, 3.05) is 13.7 Å². The molecule has 0 amide bonds. The van der Waals surface area contributed by atoms with E-state index in [0.29, 0.717) is 6.61 Å². The number of benzene rings is 3. The molecule has 0 atom stereocenters. The summed E-state index contributed by atoms with van der Waals surface area (Å²) < 4.78 is 13.1. The van der Waals surface area contributed by atoms with Gasteiger partial charge in [-0.3, -0.25) is 0 Å². The van der Waals surface area contributed by atoms with E-state index in [4.69, 9.17) is 9.47 Å². The molecule has 0 saturated heterocycles. The summed E-state index contributed by atoms with van der Waals surface area (Å²) in [6.45, 7) is 2.25. The van der Waals surface area contributed by atoms with Crippen LogP contribution in [-0.2, 0) is 19.6 Å². The molecule has 0 radical (unpaired) electrons. The SMILES string of the molecule is COc1ccc(CCNCc2cc(Br)c(OCc3ccccc3)c(Br)c2)cc1. The molecule has 5 heteroatoms. The minimum absolute atomic E-state index is 0.539. The quantitative estimate of drug-likeness (QED) is 0.355. The smallest absolute Gasteiger partial charge is 0.148 e. The summed E-state index contributed by atoms with van der Waals surface area (Å²) in [5.74, 6) is 1.71. The average Bonchev–Trinajstić information content (AvgIpc) is 2.72. The van der Waals surface area contributed by atoms with Crippen LogP contribution >= 0.6 is 31.9 Å². The zero-order chi connectivity index (χ0) is 19.8. The molecule has 3 nitrogen and oxygen atoms in total. The minimum atomic E-state index is 0.539. The van der Waals surface area contributed by atoms with E-state index in [9.17, 15) is 0 Å². The normalized spacial score (nSPS) is 10.7. The highest BCUT2D eigenvalue weighted by Gasteiger charge is 2.09. The molecule has 0 heterocycles. The van der Waals surface area contributed by atoms with Gasteiger partial charge in [-0.25, -0.2) is 0 Å². The van der Waals surface area contributed by atoms with E-state index in [-0.39, 0.29) is 0 Å². The number of halogens is 2. The Morgan fingerprint density at radius 1 is 0.821 bits per heavy atom. The monoisotopic (exact) mass is 503 g/mol. The van der Waals surface area contributed by atoms with Crippen molar-refractivity contribution in [2.24, 2.45) is 0 Å². The molecular weight excluding hydrogens is 482 g/mol. The van der Waals surface area contributed by atoms with E-state index >= 15 is 0 Å². The van der Waals surface area contributed by atoms with Crippen LogP contribution < -0.4 is 14.8 Å². The van der Waals surface area contributed by atoms with Crippen molar-refractivity contribution in [3.8, 4) is 11.5 Å². The Morgan fingerprint density at radius 3 is 2.14 bits per heavy atom. The van der Waals surface area contributed by atoms with Crippen LogP contribution in [0.5, 0.6) is 11.5 Å². The number of rotatable bonds is 9. The molecule has 0 aliphatic carbocycles. The van der Waals surface area contributed by atoms with Gasteiger partial charge in [0.25, 0.3) is 0 Å². The summed E-state index contributed by atoms with van der Waals surface area (Å²) in [5, 5.41) is 3.50. The first-order valence-corrected chi connectivity index (χ1v) is 10.7. The molecule has 28 heavy (non-hydrogen) atoms. The van der Waals surface area contributed by atoms with Crippen LogP contribution in [0, 0.1) is 0 Å². The summed E-state index contributed by atoms with van der Waals surface area (Å²) in [7, 11) is 1.69. The van der Waals surface area contributed by atoms with Gasteiger partial charge >= 0.3 is 0 Å². The van der Waals surface area contributed by atoms with Crippen LogP contribution in [0.1, 0.15) is 16.7 Å². The second kappa shape index (κ2) is 10.6. The van der Waals surface area contributed by atoms with E-state index in [2.05, 4.69) is 73.6 Å². The van der Waals surface area contributed by atoms with Gasteiger partial charge in [0.1, 0.15) is 18.1 Å². The van der Waals surface area contributed by atoms with Crippen LogP contribution in [-0.4, -0.2) is 13.7 Å². The number of nitrogens with one attached hydrogen (secondary N) is 1. The molecule has 3 aromatic rings. The third kappa shape index (κ3) is 6.09. The maximum atomic E-state index is 5.99. The van der Waals surface area contributed by atoms with E-state index in [1.807, 2.05) is 30.3 Å². The van der Waals surface area contributed by atoms with Gasteiger partial charge in [-0.05, 0) is 85.8 Å². The Hall–Kier alpha value is -1.82. The van der Waals surface area contributed by atoms with Gasteiger partial charge < -0.3 is 14.8 Å². The summed E-state index contributed by atoms with van der Waals surface area (Å²) >= 11 is 7.27. The van der Waals surface area contributed by atoms with Gasteiger partial charge in [0.05, 0.1) is 16.1 Å². The topological polar surface area (TPSA) is 30.5 Å². The Kier molecular flexibility index (Phi) is 7.95. The first kappa shape index (κ1) is 20.9. The number of ether oxygens (including phenoxy) is 2. The van der Waals surface area contributed by atoms with Crippen LogP contribution in [0.2, 0.25) is 0 Å². The summed E-state index contributed by atoms with van der Waals surface area (Å²) in [4.78, 5) is 0. The highest BCUT2D eigenvalue weighted by Crippen LogP contribution is 2.35. The third-order valence-electron chi connectivity index (χ3n) is 4.36. The zero-order valence-electron chi connectivity index (χ0n) is 15.8. The lowest BCUT2D eigenvalue weighted by molar-refractivity contribution is 0.302. The molecule has 0 bridgehead atoms. The molecule has 0 fully saturated rings. The molecule has 0 unspecified atom stereocenters. The van der Waals surface area contributed by atoms with Crippen molar-refractivity contribution in [3.63, 3.8) is 0 Å². The predicted molar refractivity (Wildman–Crippen MR) is 121 cm³/mol. The summed E-state index contributed by atoms with van der Waals surface area (Å²) in [6.07, 6.45) is 0.977. The average molecular weight is 505 g/mol. The maximum absolute atomic E-state index is 5.99. The van der Waals surface area contributed by atoms with Crippen molar-refractivity contribution in [3.05, 3.63) is 92.4 Å². The summed E-state index contributed by atoms with van der Waals surface area (Å²) in [6, 6.07) is 22.6. The highest BCUT2D eigenvalue weighted by molar-refractivity contribution is 9.11. The lowest BCUT2D eigenvalue weighted by atomic mass is 10.1. The number of hydrogen-bond donors (Lipinski definition) is 1. The van der Waals surface area contributed by atoms with E-state index < -0.39 is 0 Å². The molecule has 0 aliphatic heterocycles. The maximum Gasteiger partial charge on any atom is 0.148 e. The van der Waals surface area contributed by atoms with Gasteiger partial charge in [0, 0.05) is 6.54 Å². The van der Waals surface area contributed by atoms with Crippen molar-refractivity contribution in [2.45, 2.75) is 19.6 Å². The molecule has 146 valence electrons. The van der Waals surface area contributed by atoms with E-state index in [1.165, 1.54) is 11.1 Å². The molecule has 3 rings (SSSR count). The Morgan fingerprint density at radius 2 is 1.50 bits per heavy atom. The Bertz CT molecular complexity index is 860. The first-order valence-electron chi connectivity index (χ1n) is 9.14. The van der Waals surface area contributed by atoms with Crippen LogP contribution in [0.4, 0.5) is 0 Å². The molecule has 0 aromatic heterocycles. The minimum Gasteiger partial charge on any atom is -0.497 e. The second-order valence-corrected chi connectivity index (χ2v) is 8.15. The molecule has 0 aliphatic rings. The highest BCUT2D eigenvalue weighted by atomic mass is 79.9. The van der Waals surface area contributed by atoms with Crippen LogP contribution in [0.3, 0.4) is 0 Å². The summed E-state index contributed by atoms with van der Waals surface area (Å²) in [5.41, 5.74) is 3.63. The standard InChI is InChI=1S/C23H23Br2NO2/c1-27-20-9-7-17(8-10-20)11-12-26-15-19-13-21(24)23(22(25)14-19)28-16-18-5-3-2-4-6-18/h2-10,13-14,26H,11-12,15-16H2,1H3. The van der Waals surface area contributed by atoms with Crippen LogP contribution in [0.15, 0.2) is 75.7 Å².